The van der Waals surface area contributed by atoms with Crippen LogP contribution in [0.25, 0.3) is 0 Å². The van der Waals surface area contributed by atoms with Crippen molar-refractivity contribution < 1.29 is 4.79 Å². The summed E-state index contributed by atoms with van der Waals surface area (Å²) in [6, 6.07) is 8.70. The van der Waals surface area contributed by atoms with Crippen LogP contribution in [0.2, 0.25) is 0 Å². The van der Waals surface area contributed by atoms with Crippen LogP contribution in [0.15, 0.2) is 35.8 Å². The lowest BCUT2D eigenvalue weighted by Crippen LogP contribution is -2.52. The van der Waals surface area contributed by atoms with Crippen molar-refractivity contribution in [2.24, 2.45) is 5.92 Å². The number of hydrogen-bond acceptors (Lipinski definition) is 4. The minimum absolute atomic E-state index is 0.0518. The summed E-state index contributed by atoms with van der Waals surface area (Å²) < 4.78 is 0. The number of nitrogens with one attached hydrogen (secondary N) is 1. The van der Waals surface area contributed by atoms with Crippen LogP contribution in [-0.4, -0.2) is 42.1 Å². The number of carbonyl (C=O) groups is 1. The summed E-state index contributed by atoms with van der Waals surface area (Å²) in [6.45, 7) is 5.39. The van der Waals surface area contributed by atoms with Crippen molar-refractivity contribution >= 4 is 23.1 Å². The first-order valence-electron chi connectivity index (χ1n) is 8.97. The van der Waals surface area contributed by atoms with E-state index in [9.17, 15) is 4.79 Å². The lowest BCUT2D eigenvalue weighted by molar-refractivity contribution is 0.188. The number of amides is 2. The molecule has 1 saturated heterocycles. The van der Waals surface area contributed by atoms with Crippen molar-refractivity contribution in [3.8, 4) is 0 Å². The van der Waals surface area contributed by atoms with Gasteiger partial charge in [-0.1, -0.05) is 12.1 Å². The Hall–Kier alpha value is -2.08. The van der Waals surface area contributed by atoms with E-state index in [1.165, 1.54) is 24.1 Å². The maximum Gasteiger partial charge on any atom is 0.318 e. The predicted molar refractivity (Wildman–Crippen MR) is 101 cm³/mol. The van der Waals surface area contributed by atoms with E-state index >= 15 is 0 Å². The van der Waals surface area contributed by atoms with Crippen molar-refractivity contribution in [3.63, 3.8) is 0 Å². The number of nitrogens with zero attached hydrogens (tertiary/aromatic N) is 3. The highest BCUT2D eigenvalue weighted by molar-refractivity contribution is 7.09. The fourth-order valence-electron chi connectivity index (χ4n) is 3.42. The fourth-order valence-corrected chi connectivity index (χ4v) is 4.20. The van der Waals surface area contributed by atoms with Crippen LogP contribution in [0, 0.1) is 12.8 Å². The number of aromatic nitrogens is 1. The Balaban J connectivity index is 1.35. The van der Waals surface area contributed by atoms with Crippen molar-refractivity contribution in [1.29, 1.82) is 0 Å². The van der Waals surface area contributed by atoms with Gasteiger partial charge in [-0.15, -0.1) is 11.3 Å². The van der Waals surface area contributed by atoms with Gasteiger partial charge < -0.3 is 15.1 Å². The van der Waals surface area contributed by atoms with E-state index in [0.29, 0.717) is 5.92 Å². The molecule has 6 heteroatoms. The summed E-state index contributed by atoms with van der Waals surface area (Å²) in [6.07, 6.45) is 4.19. The molecule has 2 fully saturated rings. The van der Waals surface area contributed by atoms with Gasteiger partial charge in [0.2, 0.25) is 0 Å². The number of piperazine rings is 1. The van der Waals surface area contributed by atoms with Crippen LogP contribution < -0.4 is 10.2 Å². The zero-order valence-corrected chi connectivity index (χ0v) is 15.3. The van der Waals surface area contributed by atoms with Gasteiger partial charge in [0, 0.05) is 43.4 Å². The van der Waals surface area contributed by atoms with Crippen molar-refractivity contribution in [2.75, 3.05) is 31.1 Å². The zero-order chi connectivity index (χ0) is 17.2. The number of hydrogen-bond donors (Lipinski definition) is 1. The Labute approximate surface area is 152 Å². The van der Waals surface area contributed by atoms with Crippen molar-refractivity contribution in [3.05, 3.63) is 46.4 Å². The van der Waals surface area contributed by atoms with Gasteiger partial charge in [0.15, 0.2) is 0 Å². The summed E-state index contributed by atoms with van der Waals surface area (Å²) >= 11 is 1.63. The highest BCUT2D eigenvalue weighted by Crippen LogP contribution is 2.41. The van der Waals surface area contributed by atoms with Gasteiger partial charge in [0.1, 0.15) is 5.01 Å². The number of carbonyl (C=O) groups excluding carboxylic acids is 1. The Morgan fingerprint density at radius 2 is 2.08 bits per heavy atom. The average molecular weight is 356 g/mol. The van der Waals surface area contributed by atoms with Gasteiger partial charge in [-0.2, -0.15) is 0 Å². The molecule has 0 radical (unpaired) electrons. The van der Waals surface area contributed by atoms with Gasteiger partial charge in [-0.3, -0.25) is 0 Å². The quantitative estimate of drug-likeness (QED) is 0.913. The molecule has 0 spiro atoms. The molecular weight excluding hydrogens is 332 g/mol. The van der Waals surface area contributed by atoms with E-state index < -0.39 is 0 Å². The van der Waals surface area contributed by atoms with Crippen LogP contribution in [0.1, 0.15) is 29.5 Å². The Bertz CT molecular complexity index is 721. The van der Waals surface area contributed by atoms with E-state index in [-0.39, 0.29) is 12.1 Å². The molecule has 1 aliphatic carbocycles. The lowest BCUT2D eigenvalue weighted by Gasteiger charge is -2.36. The summed E-state index contributed by atoms with van der Waals surface area (Å²) in [7, 11) is 0. The monoisotopic (exact) mass is 356 g/mol. The molecule has 1 saturated carbocycles. The molecule has 1 atom stereocenters. The number of anilines is 1. The Kier molecular flexibility index (Phi) is 4.61. The minimum atomic E-state index is 0.0518. The van der Waals surface area contributed by atoms with Crippen molar-refractivity contribution in [2.45, 2.75) is 25.8 Å². The fraction of sp³-hybridized carbons (Fsp3) is 0.474. The number of thiazole rings is 1. The third-order valence-electron chi connectivity index (χ3n) is 5.02. The molecule has 5 nitrogen and oxygen atoms in total. The van der Waals surface area contributed by atoms with Gasteiger partial charge in [0.25, 0.3) is 0 Å². The van der Waals surface area contributed by atoms with Crippen LogP contribution >= 0.6 is 11.3 Å². The topological polar surface area (TPSA) is 48.5 Å². The molecule has 1 aromatic heterocycles. The first kappa shape index (κ1) is 16.4. The second-order valence-corrected chi connectivity index (χ2v) is 7.87. The van der Waals surface area contributed by atoms with Crippen LogP contribution in [0.5, 0.6) is 0 Å². The predicted octanol–water partition coefficient (Wildman–Crippen LogP) is 3.43. The minimum Gasteiger partial charge on any atom is -0.368 e. The second-order valence-electron chi connectivity index (χ2n) is 6.95. The van der Waals surface area contributed by atoms with E-state index in [1.807, 2.05) is 16.5 Å². The highest BCUT2D eigenvalue weighted by atomic mass is 32.1. The SMILES string of the molecule is Cc1cccc(N2CCN(C(=O)NC(c3nccs3)C3CC3)CC2)c1. The summed E-state index contributed by atoms with van der Waals surface area (Å²) in [5.41, 5.74) is 2.52. The standard InChI is InChI=1S/C19H24N4OS/c1-14-3-2-4-16(13-14)22-8-10-23(11-9-22)19(24)21-17(15-5-6-15)18-20-7-12-25-18/h2-4,7,12-13,15,17H,5-6,8-11H2,1H3,(H,21,24). The molecule has 25 heavy (non-hydrogen) atoms. The molecule has 2 heterocycles. The molecule has 132 valence electrons. The molecule has 1 N–H and O–H groups in total. The van der Waals surface area contributed by atoms with E-state index in [0.717, 1.165) is 31.2 Å². The van der Waals surface area contributed by atoms with Gasteiger partial charge in [0.05, 0.1) is 6.04 Å². The Morgan fingerprint density at radius 1 is 1.28 bits per heavy atom. The first-order chi connectivity index (χ1) is 12.2. The molecule has 2 aromatic rings. The van der Waals surface area contributed by atoms with Gasteiger partial charge in [-0.05, 0) is 43.4 Å². The zero-order valence-electron chi connectivity index (χ0n) is 14.5. The molecule has 1 aromatic carbocycles. The number of benzene rings is 1. The smallest absolute Gasteiger partial charge is 0.318 e. The third kappa shape index (κ3) is 3.79. The maximum atomic E-state index is 12.7. The number of urea groups is 1. The lowest BCUT2D eigenvalue weighted by atomic mass is 10.2. The summed E-state index contributed by atoms with van der Waals surface area (Å²) in [4.78, 5) is 21.4. The van der Waals surface area contributed by atoms with E-state index in [4.69, 9.17) is 0 Å². The van der Waals surface area contributed by atoms with E-state index in [1.54, 1.807) is 11.3 Å². The molecule has 2 amide bonds. The van der Waals surface area contributed by atoms with E-state index in [2.05, 4.69) is 46.4 Å². The second kappa shape index (κ2) is 7.04. The number of aryl methyl sites for hydroxylation is 1. The highest BCUT2D eigenvalue weighted by Gasteiger charge is 2.36. The molecule has 1 aliphatic heterocycles. The van der Waals surface area contributed by atoms with Gasteiger partial charge in [-0.25, -0.2) is 9.78 Å². The van der Waals surface area contributed by atoms with Crippen molar-refractivity contribution in [1.82, 2.24) is 15.2 Å². The molecular formula is C19H24N4OS. The normalized spacial score (nSPS) is 18.9. The number of rotatable bonds is 4. The summed E-state index contributed by atoms with van der Waals surface area (Å²) in [5.74, 6) is 0.559. The molecule has 1 unspecified atom stereocenters. The molecule has 4 rings (SSSR count). The van der Waals surface area contributed by atoms with Crippen LogP contribution in [0.3, 0.4) is 0 Å². The van der Waals surface area contributed by atoms with Gasteiger partial charge >= 0.3 is 6.03 Å². The summed E-state index contributed by atoms with van der Waals surface area (Å²) in [5, 5.41) is 6.25. The maximum absolute atomic E-state index is 12.7. The van der Waals surface area contributed by atoms with Crippen LogP contribution in [0.4, 0.5) is 10.5 Å². The molecule has 0 bridgehead atoms. The first-order valence-corrected chi connectivity index (χ1v) is 9.85. The molecule has 2 aliphatic rings. The Morgan fingerprint density at radius 3 is 2.72 bits per heavy atom. The third-order valence-corrected chi connectivity index (χ3v) is 5.88. The average Bonchev–Trinajstić information content (AvgIpc) is 3.33. The van der Waals surface area contributed by atoms with Crippen LogP contribution in [-0.2, 0) is 0 Å². The largest absolute Gasteiger partial charge is 0.368 e.